The smallest absolute Gasteiger partial charge is 0.410 e. The molecule has 1 unspecified atom stereocenters. The second-order valence-electron chi connectivity index (χ2n) is 9.06. The fraction of sp³-hybridized carbons (Fsp3) is 0.652. The molecular formula is C23H37N3O3. The second-order valence-corrected chi connectivity index (χ2v) is 9.06. The van der Waals surface area contributed by atoms with Gasteiger partial charge in [0.25, 0.3) is 0 Å². The van der Waals surface area contributed by atoms with Gasteiger partial charge in [0.2, 0.25) is 5.91 Å². The number of benzene rings is 1. The first-order valence-corrected chi connectivity index (χ1v) is 10.6. The zero-order chi connectivity index (χ0) is 21.6. The molecule has 0 spiro atoms. The lowest BCUT2D eigenvalue weighted by Gasteiger charge is -2.33. The van der Waals surface area contributed by atoms with Gasteiger partial charge in [0.05, 0.1) is 6.04 Å². The van der Waals surface area contributed by atoms with Gasteiger partial charge in [0.15, 0.2) is 0 Å². The highest BCUT2D eigenvalue weighted by Crippen LogP contribution is 2.22. The predicted octanol–water partition coefficient (Wildman–Crippen LogP) is 3.62. The van der Waals surface area contributed by atoms with Gasteiger partial charge in [-0.05, 0) is 65.3 Å². The molecule has 6 nitrogen and oxygen atoms in total. The van der Waals surface area contributed by atoms with Crippen LogP contribution in [0.15, 0.2) is 24.3 Å². The van der Waals surface area contributed by atoms with Crippen LogP contribution in [-0.2, 0) is 16.0 Å². The van der Waals surface area contributed by atoms with Gasteiger partial charge in [-0.2, -0.15) is 0 Å². The van der Waals surface area contributed by atoms with Gasteiger partial charge in [0.1, 0.15) is 5.60 Å². The maximum atomic E-state index is 12.7. The van der Waals surface area contributed by atoms with Gasteiger partial charge in [-0.15, -0.1) is 0 Å². The molecule has 6 heteroatoms. The fourth-order valence-electron chi connectivity index (χ4n) is 3.57. The Kier molecular flexibility index (Phi) is 8.08. The molecule has 0 radical (unpaired) electrons. The van der Waals surface area contributed by atoms with E-state index in [9.17, 15) is 9.59 Å². The first-order valence-electron chi connectivity index (χ1n) is 10.6. The average molecular weight is 404 g/mol. The van der Waals surface area contributed by atoms with Gasteiger partial charge in [-0.25, -0.2) is 4.79 Å². The Morgan fingerprint density at radius 1 is 1.17 bits per heavy atom. The number of carbonyl (C=O) groups excluding carboxylic acids is 2. The van der Waals surface area contributed by atoms with Gasteiger partial charge < -0.3 is 19.9 Å². The number of ether oxygens (including phenoxy) is 1. The number of nitrogens with zero attached hydrogens (tertiary/aromatic N) is 2. The first-order chi connectivity index (χ1) is 13.6. The molecular weight excluding hydrogens is 366 g/mol. The molecule has 0 aliphatic carbocycles. The number of rotatable bonds is 6. The number of carbonyl (C=O) groups is 2. The van der Waals surface area contributed by atoms with Crippen molar-refractivity contribution in [1.29, 1.82) is 0 Å². The maximum absolute atomic E-state index is 12.7. The molecule has 1 aromatic rings. The predicted molar refractivity (Wildman–Crippen MR) is 116 cm³/mol. The number of likely N-dealkylation sites (tertiary alicyclic amines) is 1. The number of aryl methyl sites for hydroxylation is 1. The van der Waals surface area contributed by atoms with E-state index in [0.29, 0.717) is 32.5 Å². The van der Waals surface area contributed by atoms with E-state index in [0.717, 1.165) is 6.42 Å². The molecule has 0 saturated carbocycles. The Bertz CT molecular complexity index is 672. The van der Waals surface area contributed by atoms with Crippen LogP contribution in [0.5, 0.6) is 0 Å². The highest BCUT2D eigenvalue weighted by atomic mass is 16.6. The standard InChI is InChI=1S/C23H37N3O3/c1-7-17-8-10-18(11-9-17)20(25(5)6)16-24-21(27)19-12-14-26(15-13-19)22(28)29-23(2,3)4/h8-11,19-20H,7,12-16H2,1-6H3,(H,24,27). The normalized spacial score (nSPS) is 16.6. The quantitative estimate of drug-likeness (QED) is 0.788. The summed E-state index contributed by atoms with van der Waals surface area (Å²) in [5.41, 5.74) is 2.02. The number of likely N-dealkylation sites (N-methyl/N-ethyl adjacent to an activating group) is 1. The van der Waals surface area contributed by atoms with Crippen LogP contribution in [0.1, 0.15) is 57.7 Å². The van der Waals surface area contributed by atoms with E-state index < -0.39 is 5.60 Å². The summed E-state index contributed by atoms with van der Waals surface area (Å²) in [7, 11) is 4.06. The molecule has 1 saturated heterocycles. The number of piperidine rings is 1. The van der Waals surface area contributed by atoms with E-state index in [2.05, 4.69) is 41.4 Å². The van der Waals surface area contributed by atoms with Crippen LogP contribution in [0.25, 0.3) is 0 Å². The summed E-state index contributed by atoms with van der Waals surface area (Å²) < 4.78 is 5.42. The summed E-state index contributed by atoms with van der Waals surface area (Å²) >= 11 is 0. The van der Waals surface area contributed by atoms with Crippen LogP contribution in [0.4, 0.5) is 4.79 Å². The molecule has 1 atom stereocenters. The third-order valence-electron chi connectivity index (χ3n) is 5.38. The first kappa shape index (κ1) is 23.2. The van der Waals surface area contributed by atoms with Crippen molar-refractivity contribution in [3.05, 3.63) is 35.4 Å². The summed E-state index contributed by atoms with van der Waals surface area (Å²) in [6, 6.07) is 8.73. The Morgan fingerprint density at radius 2 is 1.76 bits per heavy atom. The summed E-state index contributed by atoms with van der Waals surface area (Å²) in [5.74, 6) is 0.0184. The maximum Gasteiger partial charge on any atom is 0.410 e. The van der Waals surface area contributed by atoms with Crippen LogP contribution in [-0.4, -0.2) is 61.1 Å². The molecule has 1 fully saturated rings. The molecule has 1 aliphatic heterocycles. The number of amides is 2. The summed E-state index contributed by atoms with van der Waals surface area (Å²) in [6.07, 6.45) is 2.07. The Balaban J connectivity index is 1.85. The molecule has 1 N–H and O–H groups in total. The SMILES string of the molecule is CCc1ccc(C(CNC(=O)C2CCN(C(=O)OC(C)(C)C)CC2)N(C)C)cc1. The Morgan fingerprint density at radius 3 is 2.24 bits per heavy atom. The molecule has 2 rings (SSSR count). The minimum Gasteiger partial charge on any atom is -0.444 e. The molecule has 0 aromatic heterocycles. The number of hydrogen-bond donors (Lipinski definition) is 1. The van der Waals surface area contributed by atoms with Crippen LogP contribution in [0, 0.1) is 5.92 Å². The Hall–Kier alpha value is -2.08. The van der Waals surface area contributed by atoms with Crippen molar-refractivity contribution >= 4 is 12.0 Å². The van der Waals surface area contributed by atoms with Crippen LogP contribution >= 0.6 is 0 Å². The Labute approximate surface area is 175 Å². The van der Waals surface area contributed by atoms with Crippen molar-refractivity contribution < 1.29 is 14.3 Å². The average Bonchev–Trinajstić information content (AvgIpc) is 2.67. The highest BCUT2D eigenvalue weighted by molar-refractivity contribution is 5.79. The monoisotopic (exact) mass is 403 g/mol. The molecule has 29 heavy (non-hydrogen) atoms. The molecule has 162 valence electrons. The van der Waals surface area contributed by atoms with E-state index in [1.54, 1.807) is 4.90 Å². The van der Waals surface area contributed by atoms with Gasteiger partial charge in [-0.3, -0.25) is 4.79 Å². The van der Waals surface area contributed by atoms with Gasteiger partial charge in [0, 0.05) is 25.6 Å². The second kappa shape index (κ2) is 10.1. The number of nitrogens with one attached hydrogen (secondary N) is 1. The zero-order valence-electron chi connectivity index (χ0n) is 18.8. The zero-order valence-corrected chi connectivity index (χ0v) is 18.8. The van der Waals surface area contributed by atoms with E-state index >= 15 is 0 Å². The fourth-order valence-corrected chi connectivity index (χ4v) is 3.57. The molecule has 1 aliphatic rings. The molecule has 1 heterocycles. The summed E-state index contributed by atoms with van der Waals surface area (Å²) in [6.45, 7) is 9.42. The van der Waals surface area contributed by atoms with Crippen molar-refractivity contribution in [3.8, 4) is 0 Å². The van der Waals surface area contributed by atoms with Crippen LogP contribution < -0.4 is 5.32 Å². The van der Waals surface area contributed by atoms with Gasteiger partial charge in [-0.1, -0.05) is 31.2 Å². The topological polar surface area (TPSA) is 61.9 Å². The van der Waals surface area contributed by atoms with Crippen molar-refractivity contribution in [2.75, 3.05) is 33.7 Å². The summed E-state index contributed by atoms with van der Waals surface area (Å²) in [5, 5.41) is 3.13. The van der Waals surface area contributed by atoms with Crippen molar-refractivity contribution in [2.45, 2.75) is 58.6 Å². The molecule has 0 bridgehead atoms. The van der Waals surface area contributed by atoms with Crippen LogP contribution in [0.3, 0.4) is 0 Å². The van der Waals surface area contributed by atoms with Crippen molar-refractivity contribution in [2.24, 2.45) is 5.92 Å². The van der Waals surface area contributed by atoms with Gasteiger partial charge >= 0.3 is 6.09 Å². The van der Waals surface area contributed by atoms with E-state index in [4.69, 9.17) is 4.74 Å². The van der Waals surface area contributed by atoms with Crippen molar-refractivity contribution in [3.63, 3.8) is 0 Å². The van der Waals surface area contributed by atoms with E-state index in [1.807, 2.05) is 34.9 Å². The lowest BCUT2D eigenvalue weighted by molar-refractivity contribution is -0.126. The molecule has 2 amide bonds. The van der Waals surface area contributed by atoms with E-state index in [1.165, 1.54) is 11.1 Å². The minimum atomic E-state index is -0.498. The minimum absolute atomic E-state index is 0.0565. The van der Waals surface area contributed by atoms with Crippen LogP contribution in [0.2, 0.25) is 0 Å². The lowest BCUT2D eigenvalue weighted by Crippen LogP contribution is -2.45. The third kappa shape index (κ3) is 7.03. The molecule has 1 aromatic carbocycles. The summed E-state index contributed by atoms with van der Waals surface area (Å²) in [4.78, 5) is 28.7. The largest absolute Gasteiger partial charge is 0.444 e. The number of hydrogen-bond acceptors (Lipinski definition) is 4. The van der Waals surface area contributed by atoms with E-state index in [-0.39, 0.29) is 24.0 Å². The lowest BCUT2D eigenvalue weighted by atomic mass is 9.95. The third-order valence-corrected chi connectivity index (χ3v) is 5.38. The van der Waals surface area contributed by atoms with Crippen molar-refractivity contribution in [1.82, 2.24) is 15.1 Å². The highest BCUT2D eigenvalue weighted by Gasteiger charge is 2.30.